The van der Waals surface area contributed by atoms with Gasteiger partial charge in [-0.15, -0.1) is 0 Å². The molecule has 1 heterocycles. The number of nitrogens with zero attached hydrogens (tertiary/aromatic N) is 2. The van der Waals surface area contributed by atoms with E-state index in [2.05, 4.69) is 10.1 Å². The lowest BCUT2D eigenvalue weighted by molar-refractivity contribution is -0.202. The number of para-hydroxylation sites is 1. The second kappa shape index (κ2) is 8.33. The van der Waals surface area contributed by atoms with Crippen LogP contribution in [0.4, 0.5) is 10.5 Å². The highest BCUT2D eigenvalue weighted by Crippen LogP contribution is 2.31. The molecule has 1 fully saturated rings. The molecule has 0 bridgehead atoms. The minimum atomic E-state index is -0.799. The Balaban J connectivity index is 1.84. The molecule has 0 radical (unpaired) electrons. The van der Waals surface area contributed by atoms with Crippen molar-refractivity contribution in [2.24, 2.45) is 0 Å². The summed E-state index contributed by atoms with van der Waals surface area (Å²) >= 11 is 0. The molecule has 3 amide bonds. The molecule has 0 spiro atoms. The van der Waals surface area contributed by atoms with Crippen LogP contribution in [0.25, 0.3) is 0 Å². The molecule has 1 N–H and O–H groups in total. The molecule has 1 aliphatic rings. The predicted molar refractivity (Wildman–Crippen MR) is 96.2 cm³/mol. The van der Waals surface area contributed by atoms with E-state index in [-0.39, 0.29) is 6.54 Å². The van der Waals surface area contributed by atoms with E-state index in [1.54, 1.807) is 48.5 Å². The first-order valence-corrected chi connectivity index (χ1v) is 8.29. The Morgan fingerprint density at radius 2 is 1.70 bits per heavy atom. The van der Waals surface area contributed by atoms with E-state index in [4.69, 9.17) is 4.84 Å². The largest absolute Gasteiger partial charge is 0.467 e. The topological polar surface area (TPSA) is 88.2 Å². The molecular weight excluding hydrogens is 350 g/mol. The quantitative estimate of drug-likeness (QED) is 0.816. The van der Waals surface area contributed by atoms with Gasteiger partial charge in [-0.3, -0.25) is 14.5 Å². The molecule has 3 rings (SSSR count). The number of anilines is 1. The van der Waals surface area contributed by atoms with Crippen LogP contribution in [0.2, 0.25) is 0 Å². The zero-order valence-corrected chi connectivity index (χ0v) is 14.7. The molecule has 1 unspecified atom stereocenters. The normalized spacial score (nSPS) is 16.3. The Bertz CT molecular complexity index is 813. The number of ether oxygens (including phenoxy) is 1. The zero-order valence-electron chi connectivity index (χ0n) is 14.7. The molecule has 8 nitrogen and oxygen atoms in total. The van der Waals surface area contributed by atoms with Crippen molar-refractivity contribution < 1.29 is 24.0 Å². The third kappa shape index (κ3) is 4.24. The third-order valence-electron chi connectivity index (χ3n) is 4.00. The van der Waals surface area contributed by atoms with Crippen molar-refractivity contribution in [1.82, 2.24) is 9.96 Å². The molecular formula is C19H19N3O5. The Kier molecular flexibility index (Phi) is 5.68. The van der Waals surface area contributed by atoms with Crippen LogP contribution in [-0.4, -0.2) is 48.1 Å². The second-order valence-electron chi connectivity index (χ2n) is 5.78. The number of benzene rings is 2. The van der Waals surface area contributed by atoms with Crippen LogP contribution in [0.3, 0.4) is 0 Å². The van der Waals surface area contributed by atoms with Crippen molar-refractivity contribution in [2.75, 3.05) is 25.6 Å². The third-order valence-corrected chi connectivity index (χ3v) is 4.00. The molecule has 1 aliphatic heterocycles. The number of carbonyl (C=O) groups excluding carboxylic acids is 3. The van der Waals surface area contributed by atoms with Crippen LogP contribution in [-0.2, 0) is 19.2 Å². The maximum absolute atomic E-state index is 12.8. The number of hydrogen-bond acceptors (Lipinski definition) is 5. The number of hydroxylamine groups is 2. The maximum atomic E-state index is 12.8. The number of rotatable bonds is 5. The van der Waals surface area contributed by atoms with Crippen molar-refractivity contribution in [3.63, 3.8) is 0 Å². The van der Waals surface area contributed by atoms with E-state index in [9.17, 15) is 14.4 Å². The molecule has 1 saturated heterocycles. The molecule has 2 aromatic rings. The number of methoxy groups -OCH3 is 1. The van der Waals surface area contributed by atoms with Crippen LogP contribution in [0.1, 0.15) is 11.7 Å². The van der Waals surface area contributed by atoms with Crippen LogP contribution in [0.15, 0.2) is 60.7 Å². The summed E-state index contributed by atoms with van der Waals surface area (Å²) in [7, 11) is 1.23. The highest BCUT2D eigenvalue weighted by atomic mass is 16.7. The SMILES string of the molecule is COC(=O)CON1C(=O)CN(C(=O)Nc2ccccc2)C1c1ccccc1. The summed E-state index contributed by atoms with van der Waals surface area (Å²) in [5, 5.41) is 3.80. The lowest BCUT2D eigenvalue weighted by Gasteiger charge is -2.29. The van der Waals surface area contributed by atoms with E-state index >= 15 is 0 Å². The van der Waals surface area contributed by atoms with Gasteiger partial charge < -0.3 is 10.1 Å². The minimum Gasteiger partial charge on any atom is -0.467 e. The number of urea groups is 1. The fraction of sp³-hybridized carbons (Fsp3) is 0.211. The first-order chi connectivity index (χ1) is 13.1. The fourth-order valence-electron chi connectivity index (χ4n) is 2.73. The Morgan fingerprint density at radius 3 is 2.33 bits per heavy atom. The van der Waals surface area contributed by atoms with Crippen LogP contribution < -0.4 is 5.32 Å². The second-order valence-corrected chi connectivity index (χ2v) is 5.78. The minimum absolute atomic E-state index is 0.181. The van der Waals surface area contributed by atoms with Crippen LogP contribution >= 0.6 is 0 Å². The number of hydrogen-bond donors (Lipinski definition) is 1. The summed E-state index contributed by atoms with van der Waals surface area (Å²) in [4.78, 5) is 43.3. The lowest BCUT2D eigenvalue weighted by atomic mass is 10.1. The number of esters is 1. The maximum Gasteiger partial charge on any atom is 0.334 e. The average Bonchev–Trinajstić information content (AvgIpc) is 3.04. The van der Waals surface area contributed by atoms with Gasteiger partial charge in [0.05, 0.1) is 7.11 Å². The van der Waals surface area contributed by atoms with Crippen molar-refractivity contribution >= 4 is 23.6 Å². The summed E-state index contributed by atoms with van der Waals surface area (Å²) in [6.45, 7) is -0.612. The van der Waals surface area contributed by atoms with Gasteiger partial charge in [0.1, 0.15) is 6.54 Å². The number of carbonyl (C=O) groups is 3. The van der Waals surface area contributed by atoms with Crippen LogP contribution in [0.5, 0.6) is 0 Å². The van der Waals surface area contributed by atoms with Crippen LogP contribution in [0, 0.1) is 0 Å². The van der Waals surface area contributed by atoms with Gasteiger partial charge >= 0.3 is 12.0 Å². The van der Waals surface area contributed by atoms with Crippen molar-refractivity contribution in [3.05, 3.63) is 66.2 Å². The molecule has 2 aromatic carbocycles. The highest BCUT2D eigenvalue weighted by Gasteiger charge is 2.43. The molecule has 1 atom stereocenters. The fourth-order valence-corrected chi connectivity index (χ4v) is 2.73. The lowest BCUT2D eigenvalue weighted by Crippen LogP contribution is -2.38. The van der Waals surface area contributed by atoms with Gasteiger partial charge in [-0.25, -0.2) is 9.59 Å². The van der Waals surface area contributed by atoms with Crippen molar-refractivity contribution in [2.45, 2.75) is 6.17 Å². The Hall–Kier alpha value is -3.39. The molecule has 0 saturated carbocycles. The van der Waals surface area contributed by atoms with E-state index in [1.807, 2.05) is 12.1 Å². The molecule has 8 heteroatoms. The van der Waals surface area contributed by atoms with Gasteiger partial charge in [-0.05, 0) is 17.7 Å². The van der Waals surface area contributed by atoms with E-state index < -0.39 is 30.7 Å². The number of nitrogens with one attached hydrogen (secondary N) is 1. The zero-order chi connectivity index (χ0) is 19.2. The van der Waals surface area contributed by atoms with Gasteiger partial charge in [-0.2, -0.15) is 5.06 Å². The summed E-state index contributed by atoms with van der Waals surface area (Å²) in [5.74, 6) is -1.06. The number of amides is 3. The van der Waals surface area contributed by atoms with Gasteiger partial charge in [0.2, 0.25) is 0 Å². The summed E-state index contributed by atoms with van der Waals surface area (Å²) in [6.07, 6.45) is -0.799. The molecule has 27 heavy (non-hydrogen) atoms. The van der Waals surface area contributed by atoms with Gasteiger partial charge in [0.15, 0.2) is 12.8 Å². The first-order valence-electron chi connectivity index (χ1n) is 8.29. The van der Waals surface area contributed by atoms with Crippen molar-refractivity contribution in [1.29, 1.82) is 0 Å². The average molecular weight is 369 g/mol. The summed E-state index contributed by atoms with van der Waals surface area (Å²) in [6, 6.07) is 17.5. The standard InChI is InChI=1S/C19H19N3O5/c1-26-17(24)13-27-22-16(23)12-21(18(22)14-8-4-2-5-9-14)19(25)20-15-10-6-3-7-11-15/h2-11,18H,12-13H2,1H3,(H,20,25). The van der Waals surface area contributed by atoms with Gasteiger partial charge in [0, 0.05) is 5.69 Å². The monoisotopic (exact) mass is 369 g/mol. The van der Waals surface area contributed by atoms with E-state index in [0.29, 0.717) is 11.3 Å². The highest BCUT2D eigenvalue weighted by molar-refractivity contribution is 5.94. The summed E-state index contributed by atoms with van der Waals surface area (Å²) in [5.41, 5.74) is 1.28. The van der Waals surface area contributed by atoms with Gasteiger partial charge in [-0.1, -0.05) is 48.5 Å². The smallest absolute Gasteiger partial charge is 0.334 e. The first kappa shape index (κ1) is 18.4. The Labute approximate surface area is 156 Å². The molecule has 0 aromatic heterocycles. The van der Waals surface area contributed by atoms with Gasteiger partial charge in [0.25, 0.3) is 5.91 Å². The predicted octanol–water partition coefficient (Wildman–Crippen LogP) is 2.17. The summed E-state index contributed by atoms with van der Waals surface area (Å²) < 4.78 is 4.54. The van der Waals surface area contributed by atoms with E-state index in [1.165, 1.54) is 12.0 Å². The Morgan fingerprint density at radius 1 is 1.07 bits per heavy atom. The molecule has 140 valence electrons. The van der Waals surface area contributed by atoms with E-state index in [0.717, 1.165) is 5.06 Å². The van der Waals surface area contributed by atoms with Crippen molar-refractivity contribution in [3.8, 4) is 0 Å². The molecule has 0 aliphatic carbocycles.